The van der Waals surface area contributed by atoms with Gasteiger partial charge < -0.3 is 9.64 Å². The van der Waals surface area contributed by atoms with Gasteiger partial charge in [-0.2, -0.15) is 0 Å². The molecule has 0 bridgehead atoms. The molecule has 4 nitrogen and oxygen atoms in total. The number of amides is 1. The number of aryl methyl sites for hydroxylation is 1. The highest BCUT2D eigenvalue weighted by Crippen LogP contribution is 2.28. The average Bonchev–Trinajstić information content (AvgIpc) is 2.70. The second kappa shape index (κ2) is 4.76. The van der Waals surface area contributed by atoms with E-state index in [-0.39, 0.29) is 24.6 Å². The number of methoxy groups -OCH3 is 1. The van der Waals surface area contributed by atoms with Crippen molar-refractivity contribution in [1.82, 2.24) is 0 Å². The van der Waals surface area contributed by atoms with Gasteiger partial charge in [-0.1, -0.05) is 6.07 Å². The Morgan fingerprint density at radius 3 is 2.83 bits per heavy atom. The maximum atomic E-state index is 13.8. The lowest BCUT2D eigenvalue weighted by Gasteiger charge is -2.17. The topological polar surface area (TPSA) is 46.6 Å². The minimum Gasteiger partial charge on any atom is -0.469 e. The Kier molecular flexibility index (Phi) is 3.32. The van der Waals surface area contributed by atoms with E-state index in [1.54, 1.807) is 19.1 Å². The second-order valence-corrected chi connectivity index (χ2v) is 4.38. The van der Waals surface area contributed by atoms with E-state index in [1.165, 1.54) is 18.1 Å². The lowest BCUT2D eigenvalue weighted by Crippen LogP contribution is -2.27. The van der Waals surface area contributed by atoms with Crippen LogP contribution >= 0.6 is 0 Å². The number of benzene rings is 1. The van der Waals surface area contributed by atoms with E-state index in [1.807, 2.05) is 0 Å². The minimum atomic E-state index is -0.511. The zero-order valence-corrected chi connectivity index (χ0v) is 10.3. The van der Waals surface area contributed by atoms with Gasteiger partial charge in [0.05, 0.1) is 18.7 Å². The summed E-state index contributed by atoms with van der Waals surface area (Å²) in [6, 6.07) is 4.66. The van der Waals surface area contributed by atoms with Crippen molar-refractivity contribution < 1.29 is 18.7 Å². The van der Waals surface area contributed by atoms with Crippen LogP contribution in [0, 0.1) is 18.7 Å². The molecule has 1 fully saturated rings. The molecule has 0 radical (unpaired) electrons. The van der Waals surface area contributed by atoms with E-state index in [2.05, 4.69) is 4.74 Å². The zero-order valence-electron chi connectivity index (χ0n) is 10.3. The van der Waals surface area contributed by atoms with Gasteiger partial charge in [-0.05, 0) is 24.6 Å². The predicted molar refractivity (Wildman–Crippen MR) is 63.6 cm³/mol. The van der Waals surface area contributed by atoms with Gasteiger partial charge >= 0.3 is 5.97 Å². The molecule has 0 aliphatic carbocycles. The van der Waals surface area contributed by atoms with Gasteiger partial charge in [0.1, 0.15) is 5.82 Å². The van der Waals surface area contributed by atoms with Crippen molar-refractivity contribution in [2.45, 2.75) is 13.3 Å². The molecule has 1 unspecified atom stereocenters. The molecule has 0 saturated carbocycles. The van der Waals surface area contributed by atoms with Crippen molar-refractivity contribution in [3.8, 4) is 0 Å². The van der Waals surface area contributed by atoms with E-state index in [0.717, 1.165) is 5.56 Å². The monoisotopic (exact) mass is 251 g/mol. The fourth-order valence-corrected chi connectivity index (χ4v) is 2.10. The maximum Gasteiger partial charge on any atom is 0.311 e. The summed E-state index contributed by atoms with van der Waals surface area (Å²) in [4.78, 5) is 24.5. The number of anilines is 1. The molecule has 2 rings (SSSR count). The number of rotatable bonds is 2. The van der Waals surface area contributed by atoms with Crippen LogP contribution in [0.2, 0.25) is 0 Å². The Morgan fingerprint density at radius 2 is 2.22 bits per heavy atom. The average molecular weight is 251 g/mol. The molecule has 1 aliphatic heterocycles. The zero-order chi connectivity index (χ0) is 13.3. The van der Waals surface area contributed by atoms with Crippen molar-refractivity contribution in [2.24, 2.45) is 5.92 Å². The van der Waals surface area contributed by atoms with E-state index in [9.17, 15) is 14.0 Å². The van der Waals surface area contributed by atoms with E-state index in [4.69, 9.17) is 0 Å². The van der Waals surface area contributed by atoms with E-state index in [0.29, 0.717) is 0 Å². The number of carbonyl (C=O) groups is 2. The van der Waals surface area contributed by atoms with Crippen LogP contribution in [0.5, 0.6) is 0 Å². The fraction of sp³-hybridized carbons (Fsp3) is 0.385. The molecule has 18 heavy (non-hydrogen) atoms. The number of halogens is 1. The third-order valence-electron chi connectivity index (χ3n) is 3.05. The fourth-order valence-electron chi connectivity index (χ4n) is 2.10. The van der Waals surface area contributed by atoms with Crippen LogP contribution in [0.3, 0.4) is 0 Å². The lowest BCUT2D eigenvalue weighted by molar-refractivity contribution is -0.145. The maximum absolute atomic E-state index is 13.8. The van der Waals surface area contributed by atoms with Crippen LogP contribution in [-0.4, -0.2) is 25.5 Å². The van der Waals surface area contributed by atoms with Crippen LogP contribution in [0.15, 0.2) is 18.2 Å². The number of hydrogen-bond acceptors (Lipinski definition) is 3. The molecule has 1 amide bonds. The summed E-state index contributed by atoms with van der Waals surface area (Å²) >= 11 is 0. The van der Waals surface area contributed by atoms with Crippen LogP contribution in [0.1, 0.15) is 12.0 Å². The first-order chi connectivity index (χ1) is 8.52. The number of nitrogens with zero attached hydrogens (tertiary/aromatic N) is 1. The van der Waals surface area contributed by atoms with Gasteiger partial charge in [0.25, 0.3) is 0 Å². The van der Waals surface area contributed by atoms with Crippen LogP contribution < -0.4 is 4.90 Å². The highest BCUT2D eigenvalue weighted by atomic mass is 19.1. The van der Waals surface area contributed by atoms with Gasteiger partial charge in [-0.25, -0.2) is 4.39 Å². The van der Waals surface area contributed by atoms with Crippen LogP contribution in [0.25, 0.3) is 0 Å². The third-order valence-corrected chi connectivity index (χ3v) is 3.05. The molecule has 0 spiro atoms. The largest absolute Gasteiger partial charge is 0.469 e. The molecule has 1 atom stereocenters. The van der Waals surface area contributed by atoms with E-state index < -0.39 is 17.7 Å². The predicted octanol–water partition coefficient (Wildman–Crippen LogP) is 1.66. The Labute approximate surface area is 104 Å². The standard InChI is InChI=1S/C13H14FNO3/c1-8-3-4-11(10(14)5-8)15-7-9(6-12(15)16)13(17)18-2/h3-5,9H,6-7H2,1-2H3. The molecule has 0 N–H and O–H groups in total. The molecule has 96 valence electrons. The SMILES string of the molecule is COC(=O)C1CC(=O)N(c2ccc(C)cc2F)C1. The summed E-state index contributed by atoms with van der Waals surface area (Å²) in [5.41, 5.74) is 1.00. The van der Waals surface area contributed by atoms with Crippen molar-refractivity contribution in [2.75, 3.05) is 18.6 Å². The van der Waals surface area contributed by atoms with Crippen molar-refractivity contribution in [3.05, 3.63) is 29.6 Å². The van der Waals surface area contributed by atoms with Gasteiger partial charge in [-0.15, -0.1) is 0 Å². The number of ether oxygens (including phenoxy) is 1. The van der Waals surface area contributed by atoms with Crippen molar-refractivity contribution in [3.63, 3.8) is 0 Å². The first-order valence-corrected chi connectivity index (χ1v) is 5.67. The third kappa shape index (κ3) is 2.20. The van der Waals surface area contributed by atoms with Gasteiger partial charge in [0.15, 0.2) is 0 Å². The highest BCUT2D eigenvalue weighted by Gasteiger charge is 2.36. The van der Waals surface area contributed by atoms with E-state index >= 15 is 0 Å². The summed E-state index contributed by atoms with van der Waals surface area (Å²) in [7, 11) is 1.28. The van der Waals surface area contributed by atoms with Crippen LogP contribution in [0.4, 0.5) is 10.1 Å². The van der Waals surface area contributed by atoms with Crippen LogP contribution in [-0.2, 0) is 14.3 Å². The number of esters is 1. The summed E-state index contributed by atoms with van der Waals surface area (Å²) in [5.74, 6) is -1.65. The first kappa shape index (κ1) is 12.5. The Balaban J connectivity index is 2.24. The second-order valence-electron chi connectivity index (χ2n) is 4.38. The summed E-state index contributed by atoms with van der Waals surface area (Å²) < 4.78 is 18.4. The molecule has 5 heteroatoms. The highest BCUT2D eigenvalue weighted by molar-refractivity contribution is 5.99. The molecular formula is C13H14FNO3. The molecular weight excluding hydrogens is 237 g/mol. The Hall–Kier alpha value is -1.91. The molecule has 1 aliphatic rings. The summed E-state index contributed by atoms with van der Waals surface area (Å²) in [6.45, 7) is 1.95. The van der Waals surface area contributed by atoms with Gasteiger partial charge in [-0.3, -0.25) is 9.59 Å². The number of carbonyl (C=O) groups excluding carboxylic acids is 2. The molecule has 1 heterocycles. The molecule has 1 aromatic carbocycles. The summed E-state index contributed by atoms with van der Waals surface area (Å²) in [5, 5.41) is 0. The smallest absolute Gasteiger partial charge is 0.311 e. The molecule has 0 aromatic heterocycles. The van der Waals surface area contributed by atoms with Crippen molar-refractivity contribution >= 4 is 17.6 Å². The lowest BCUT2D eigenvalue weighted by atomic mass is 10.1. The normalized spacial score (nSPS) is 19.2. The molecule has 1 saturated heterocycles. The minimum absolute atomic E-state index is 0.0694. The van der Waals surface area contributed by atoms with Gasteiger partial charge in [0.2, 0.25) is 5.91 Å². The molecule has 1 aromatic rings. The number of hydrogen-bond donors (Lipinski definition) is 0. The van der Waals surface area contributed by atoms with Crippen molar-refractivity contribution in [1.29, 1.82) is 0 Å². The summed E-state index contributed by atoms with van der Waals surface area (Å²) in [6.07, 6.45) is 0.0694. The Bertz CT molecular complexity index is 501. The quantitative estimate of drug-likeness (QED) is 0.751. The van der Waals surface area contributed by atoms with Gasteiger partial charge in [0, 0.05) is 13.0 Å². The first-order valence-electron chi connectivity index (χ1n) is 5.67. The Morgan fingerprint density at radius 1 is 1.50 bits per heavy atom.